The third-order valence-electron chi connectivity index (χ3n) is 3.76. The van der Waals surface area contributed by atoms with Crippen molar-refractivity contribution in [3.8, 4) is 0 Å². The van der Waals surface area contributed by atoms with Crippen molar-refractivity contribution in [1.82, 2.24) is 15.1 Å². The summed E-state index contributed by atoms with van der Waals surface area (Å²) in [5.41, 5.74) is -0.447. The number of carbonyl (C=O) groups is 2. The van der Waals surface area contributed by atoms with Crippen LogP contribution >= 0.6 is 0 Å². The zero-order valence-corrected chi connectivity index (χ0v) is 13.4. The van der Waals surface area contributed by atoms with Gasteiger partial charge < -0.3 is 19.9 Å². The Morgan fingerprint density at radius 1 is 1.14 bits per heavy atom. The fourth-order valence-electron chi connectivity index (χ4n) is 2.59. The predicted molar refractivity (Wildman–Crippen MR) is 80.0 cm³/mol. The van der Waals surface area contributed by atoms with Crippen molar-refractivity contribution in [3.05, 3.63) is 0 Å². The van der Waals surface area contributed by atoms with Crippen LogP contribution in [0.3, 0.4) is 0 Å². The standard InChI is InChI=1S/C15H27N3O3/c1-15(2,3)21-14(20)18-10-12(11-18)16-7-6-13(19)17-8-4-5-9-17/h12,16H,4-11H2,1-3H3. The second-order valence-electron chi connectivity index (χ2n) is 6.87. The average Bonchev–Trinajstić information content (AvgIpc) is 2.82. The fraction of sp³-hybridized carbons (Fsp3) is 0.867. The summed E-state index contributed by atoms with van der Waals surface area (Å²) in [6.07, 6.45) is 2.55. The van der Waals surface area contributed by atoms with E-state index in [0.29, 0.717) is 26.1 Å². The van der Waals surface area contributed by atoms with E-state index >= 15 is 0 Å². The highest BCUT2D eigenvalue weighted by Crippen LogP contribution is 2.15. The molecule has 0 aromatic carbocycles. The summed E-state index contributed by atoms with van der Waals surface area (Å²) >= 11 is 0. The summed E-state index contributed by atoms with van der Waals surface area (Å²) < 4.78 is 5.30. The molecule has 0 aromatic heterocycles. The fourth-order valence-corrected chi connectivity index (χ4v) is 2.59. The third-order valence-corrected chi connectivity index (χ3v) is 3.76. The molecular weight excluding hydrogens is 270 g/mol. The molecule has 2 rings (SSSR count). The SMILES string of the molecule is CC(C)(C)OC(=O)N1CC(NCCC(=O)N2CCCC2)C1. The Hall–Kier alpha value is -1.30. The Bertz CT molecular complexity index is 380. The molecule has 2 heterocycles. The van der Waals surface area contributed by atoms with Gasteiger partial charge in [0.05, 0.1) is 0 Å². The van der Waals surface area contributed by atoms with Gasteiger partial charge in [0, 0.05) is 45.2 Å². The van der Waals surface area contributed by atoms with E-state index in [1.807, 2.05) is 25.7 Å². The van der Waals surface area contributed by atoms with Crippen molar-refractivity contribution in [1.29, 1.82) is 0 Å². The second kappa shape index (κ2) is 6.64. The van der Waals surface area contributed by atoms with Gasteiger partial charge in [-0.2, -0.15) is 0 Å². The largest absolute Gasteiger partial charge is 0.444 e. The average molecular weight is 297 g/mol. The lowest BCUT2D eigenvalue weighted by atomic mass is 10.1. The topological polar surface area (TPSA) is 61.9 Å². The van der Waals surface area contributed by atoms with Crippen LogP contribution in [0.25, 0.3) is 0 Å². The number of amides is 2. The van der Waals surface area contributed by atoms with E-state index in [1.54, 1.807) is 4.90 Å². The van der Waals surface area contributed by atoms with E-state index in [2.05, 4.69) is 5.32 Å². The highest BCUT2D eigenvalue weighted by Gasteiger charge is 2.33. The molecule has 0 radical (unpaired) electrons. The number of carbonyl (C=O) groups excluding carboxylic acids is 2. The third kappa shape index (κ3) is 4.88. The van der Waals surface area contributed by atoms with Crippen LogP contribution in [0.4, 0.5) is 4.79 Å². The first-order chi connectivity index (χ1) is 9.85. The Morgan fingerprint density at radius 3 is 2.33 bits per heavy atom. The number of nitrogens with zero attached hydrogens (tertiary/aromatic N) is 2. The monoisotopic (exact) mass is 297 g/mol. The van der Waals surface area contributed by atoms with E-state index in [1.165, 1.54) is 0 Å². The van der Waals surface area contributed by atoms with Gasteiger partial charge in [0.25, 0.3) is 0 Å². The minimum atomic E-state index is -0.447. The minimum absolute atomic E-state index is 0.239. The van der Waals surface area contributed by atoms with E-state index in [0.717, 1.165) is 25.9 Å². The molecule has 0 atom stereocenters. The van der Waals surface area contributed by atoms with Crippen molar-refractivity contribution in [3.63, 3.8) is 0 Å². The molecule has 6 heteroatoms. The van der Waals surface area contributed by atoms with Gasteiger partial charge in [0.2, 0.25) is 5.91 Å². The lowest BCUT2D eigenvalue weighted by molar-refractivity contribution is -0.130. The van der Waals surface area contributed by atoms with Gasteiger partial charge in [-0.05, 0) is 33.6 Å². The maximum absolute atomic E-state index is 11.9. The van der Waals surface area contributed by atoms with Gasteiger partial charge in [-0.1, -0.05) is 0 Å². The summed E-state index contributed by atoms with van der Waals surface area (Å²) in [5.74, 6) is 0.239. The highest BCUT2D eigenvalue weighted by atomic mass is 16.6. The van der Waals surface area contributed by atoms with Crippen LogP contribution in [0.2, 0.25) is 0 Å². The summed E-state index contributed by atoms with van der Waals surface area (Å²) in [5, 5.41) is 3.32. The number of ether oxygens (including phenoxy) is 1. The summed E-state index contributed by atoms with van der Waals surface area (Å²) in [6, 6.07) is 0.281. The molecule has 0 unspecified atom stereocenters. The molecule has 0 spiro atoms. The Labute approximate surface area is 126 Å². The van der Waals surface area contributed by atoms with Crippen molar-refractivity contribution < 1.29 is 14.3 Å². The molecule has 0 aromatic rings. The molecule has 21 heavy (non-hydrogen) atoms. The first kappa shape index (κ1) is 16.1. The van der Waals surface area contributed by atoms with Crippen LogP contribution in [0.5, 0.6) is 0 Å². The first-order valence-corrected chi connectivity index (χ1v) is 7.84. The molecule has 2 amide bonds. The van der Waals surface area contributed by atoms with Gasteiger partial charge in [0.1, 0.15) is 5.60 Å². The smallest absolute Gasteiger partial charge is 0.410 e. The van der Waals surface area contributed by atoms with Gasteiger partial charge in [-0.3, -0.25) is 4.79 Å². The Balaban J connectivity index is 1.56. The van der Waals surface area contributed by atoms with Crippen LogP contribution in [-0.2, 0) is 9.53 Å². The molecule has 120 valence electrons. The Morgan fingerprint density at radius 2 is 1.76 bits per heavy atom. The predicted octanol–water partition coefficient (Wildman–Crippen LogP) is 1.21. The second-order valence-corrected chi connectivity index (χ2v) is 6.87. The van der Waals surface area contributed by atoms with Crippen molar-refractivity contribution >= 4 is 12.0 Å². The maximum atomic E-state index is 11.9. The van der Waals surface area contributed by atoms with Gasteiger partial charge >= 0.3 is 6.09 Å². The first-order valence-electron chi connectivity index (χ1n) is 7.84. The van der Waals surface area contributed by atoms with Crippen LogP contribution in [0.1, 0.15) is 40.0 Å². The van der Waals surface area contributed by atoms with Crippen LogP contribution < -0.4 is 5.32 Å². The molecule has 0 aliphatic carbocycles. The zero-order chi connectivity index (χ0) is 15.5. The number of hydrogen-bond donors (Lipinski definition) is 1. The van der Waals surface area contributed by atoms with E-state index in [9.17, 15) is 9.59 Å². The van der Waals surface area contributed by atoms with E-state index in [4.69, 9.17) is 4.74 Å². The Kier molecular flexibility index (Phi) is 5.08. The molecule has 2 fully saturated rings. The quantitative estimate of drug-likeness (QED) is 0.847. The maximum Gasteiger partial charge on any atom is 0.410 e. The van der Waals surface area contributed by atoms with Gasteiger partial charge in [-0.15, -0.1) is 0 Å². The molecule has 0 saturated carbocycles. The number of likely N-dealkylation sites (tertiary alicyclic amines) is 2. The minimum Gasteiger partial charge on any atom is -0.444 e. The van der Waals surface area contributed by atoms with Gasteiger partial charge in [0.15, 0.2) is 0 Å². The summed E-state index contributed by atoms with van der Waals surface area (Å²) in [4.78, 5) is 27.2. The summed E-state index contributed by atoms with van der Waals surface area (Å²) in [6.45, 7) is 9.42. The highest BCUT2D eigenvalue weighted by molar-refractivity contribution is 5.76. The number of hydrogen-bond acceptors (Lipinski definition) is 4. The van der Waals surface area contributed by atoms with Crippen molar-refractivity contribution in [2.75, 3.05) is 32.7 Å². The van der Waals surface area contributed by atoms with Gasteiger partial charge in [-0.25, -0.2) is 4.79 Å². The normalized spacial score (nSPS) is 19.6. The van der Waals surface area contributed by atoms with Crippen molar-refractivity contribution in [2.45, 2.75) is 51.7 Å². The molecule has 2 aliphatic heterocycles. The van der Waals surface area contributed by atoms with E-state index < -0.39 is 5.60 Å². The lowest BCUT2D eigenvalue weighted by Gasteiger charge is -2.40. The van der Waals surface area contributed by atoms with Crippen molar-refractivity contribution in [2.24, 2.45) is 0 Å². The molecule has 2 saturated heterocycles. The molecule has 0 bridgehead atoms. The summed E-state index contributed by atoms with van der Waals surface area (Å²) in [7, 11) is 0. The molecular formula is C15H27N3O3. The van der Waals surface area contributed by atoms with Crippen LogP contribution in [-0.4, -0.2) is 66.2 Å². The number of rotatable bonds is 4. The number of nitrogens with one attached hydrogen (secondary N) is 1. The lowest BCUT2D eigenvalue weighted by Crippen LogP contribution is -2.60. The van der Waals surface area contributed by atoms with Crippen LogP contribution in [0.15, 0.2) is 0 Å². The molecule has 6 nitrogen and oxygen atoms in total. The zero-order valence-electron chi connectivity index (χ0n) is 13.4. The van der Waals surface area contributed by atoms with E-state index in [-0.39, 0.29) is 18.0 Å². The van der Waals surface area contributed by atoms with Crippen LogP contribution in [0, 0.1) is 0 Å². The molecule has 1 N–H and O–H groups in total. The molecule has 2 aliphatic rings.